The van der Waals surface area contributed by atoms with Gasteiger partial charge in [0.15, 0.2) is 5.76 Å². The zero-order valence-corrected chi connectivity index (χ0v) is 13.7. The van der Waals surface area contributed by atoms with Crippen molar-refractivity contribution in [3.63, 3.8) is 0 Å². The molecule has 1 unspecified atom stereocenters. The maximum Gasteiger partial charge on any atom is 0.338 e. The minimum absolute atomic E-state index is 0.0261. The second-order valence-corrected chi connectivity index (χ2v) is 6.18. The van der Waals surface area contributed by atoms with Crippen LogP contribution in [-0.4, -0.2) is 38.0 Å². The first-order valence-electron chi connectivity index (χ1n) is 8.10. The van der Waals surface area contributed by atoms with Crippen LogP contribution in [0.25, 0.3) is 11.0 Å². The molecule has 0 radical (unpaired) electrons. The predicted octanol–water partition coefficient (Wildman–Crippen LogP) is 2.84. The van der Waals surface area contributed by atoms with Gasteiger partial charge in [0.05, 0.1) is 22.6 Å². The fourth-order valence-electron chi connectivity index (χ4n) is 3.44. The molecule has 0 spiro atoms. The highest BCUT2D eigenvalue weighted by atomic mass is 16.4. The number of aromatic nitrogens is 2. The Morgan fingerprint density at radius 2 is 2.12 bits per heavy atom. The van der Waals surface area contributed by atoms with Crippen molar-refractivity contribution in [3.8, 4) is 0 Å². The molecule has 7 heteroatoms. The number of likely N-dealkylation sites (tertiary alicyclic amines) is 1. The Balaban J connectivity index is 1.68. The van der Waals surface area contributed by atoms with Gasteiger partial charge < -0.3 is 19.0 Å². The highest BCUT2D eigenvalue weighted by molar-refractivity contribution is 5.95. The second-order valence-electron chi connectivity index (χ2n) is 6.18. The van der Waals surface area contributed by atoms with Crippen molar-refractivity contribution < 1.29 is 19.1 Å². The minimum Gasteiger partial charge on any atom is -0.478 e. The molecule has 0 bridgehead atoms. The van der Waals surface area contributed by atoms with Gasteiger partial charge in [0.2, 0.25) is 0 Å². The fraction of sp³-hybridized carbons (Fsp3) is 0.278. The summed E-state index contributed by atoms with van der Waals surface area (Å²) in [6.45, 7) is 0.593. The van der Waals surface area contributed by atoms with Crippen molar-refractivity contribution >= 4 is 22.9 Å². The standard InChI is InChI=1S/C18H17N3O4/c1-20-13-6-3-2-5-12(13)19-16(20)14-7-4-8-21(14)17(22)15-9-11(10-25-15)18(23)24/h2-3,5-6,9-10,14H,4,7-8H2,1H3,(H,23,24). The summed E-state index contributed by atoms with van der Waals surface area (Å²) in [5, 5.41) is 8.99. The fourth-order valence-corrected chi connectivity index (χ4v) is 3.44. The van der Waals surface area contributed by atoms with Crippen molar-refractivity contribution in [2.45, 2.75) is 18.9 Å². The van der Waals surface area contributed by atoms with Crippen LogP contribution in [0.2, 0.25) is 0 Å². The number of aromatic carboxylic acids is 1. The highest BCUT2D eigenvalue weighted by Gasteiger charge is 2.35. The van der Waals surface area contributed by atoms with E-state index in [4.69, 9.17) is 14.5 Å². The number of fused-ring (bicyclic) bond motifs is 1. The van der Waals surface area contributed by atoms with E-state index in [1.807, 2.05) is 35.9 Å². The van der Waals surface area contributed by atoms with Gasteiger partial charge in [0.1, 0.15) is 12.1 Å². The normalized spacial score (nSPS) is 17.3. The van der Waals surface area contributed by atoms with E-state index in [2.05, 4.69) is 0 Å². The van der Waals surface area contributed by atoms with Crippen molar-refractivity contribution in [2.24, 2.45) is 7.05 Å². The van der Waals surface area contributed by atoms with Gasteiger partial charge in [-0.05, 0) is 25.0 Å². The number of hydrogen-bond acceptors (Lipinski definition) is 4. The van der Waals surface area contributed by atoms with E-state index in [0.717, 1.165) is 36.0 Å². The maximum atomic E-state index is 12.8. The van der Waals surface area contributed by atoms with Gasteiger partial charge in [-0.25, -0.2) is 9.78 Å². The van der Waals surface area contributed by atoms with Crippen molar-refractivity contribution in [2.75, 3.05) is 6.54 Å². The first kappa shape index (κ1) is 15.4. The molecule has 1 aliphatic heterocycles. The Morgan fingerprint density at radius 3 is 2.84 bits per heavy atom. The molecule has 0 saturated carbocycles. The third-order valence-corrected chi connectivity index (χ3v) is 4.69. The molecule has 2 aromatic heterocycles. The summed E-state index contributed by atoms with van der Waals surface area (Å²) in [7, 11) is 1.95. The molecule has 1 fully saturated rings. The Labute approximate surface area is 143 Å². The van der Waals surface area contributed by atoms with Gasteiger partial charge in [0, 0.05) is 19.7 Å². The summed E-state index contributed by atoms with van der Waals surface area (Å²) in [6.07, 6.45) is 2.78. The third kappa shape index (κ3) is 2.48. The summed E-state index contributed by atoms with van der Waals surface area (Å²) in [4.78, 5) is 30.2. The number of aryl methyl sites for hydroxylation is 1. The number of carboxylic acid groups (broad SMARTS) is 1. The number of benzene rings is 1. The summed E-state index contributed by atoms with van der Waals surface area (Å²) in [5.74, 6) is -0.543. The van der Waals surface area contributed by atoms with Crippen LogP contribution in [0.5, 0.6) is 0 Å². The molecule has 3 aromatic rings. The van der Waals surface area contributed by atoms with E-state index in [1.54, 1.807) is 4.90 Å². The highest BCUT2D eigenvalue weighted by Crippen LogP contribution is 2.34. The van der Waals surface area contributed by atoms with E-state index >= 15 is 0 Å². The number of nitrogens with zero attached hydrogens (tertiary/aromatic N) is 3. The smallest absolute Gasteiger partial charge is 0.338 e. The van der Waals surface area contributed by atoms with Crippen LogP contribution in [0.15, 0.2) is 41.0 Å². The molecule has 1 saturated heterocycles. The van der Waals surface area contributed by atoms with Crippen molar-refractivity contribution in [1.29, 1.82) is 0 Å². The average molecular weight is 339 g/mol. The molecule has 1 N–H and O–H groups in total. The van der Waals surface area contributed by atoms with Gasteiger partial charge in [-0.2, -0.15) is 0 Å². The van der Waals surface area contributed by atoms with Gasteiger partial charge in [-0.1, -0.05) is 12.1 Å². The maximum absolute atomic E-state index is 12.8. The van der Waals surface area contributed by atoms with Crippen molar-refractivity contribution in [1.82, 2.24) is 14.5 Å². The molecule has 3 heterocycles. The monoisotopic (exact) mass is 339 g/mol. The molecule has 1 aromatic carbocycles. The predicted molar refractivity (Wildman–Crippen MR) is 89.4 cm³/mol. The summed E-state index contributed by atoms with van der Waals surface area (Å²) in [6, 6.07) is 8.97. The third-order valence-electron chi connectivity index (χ3n) is 4.69. The minimum atomic E-state index is -1.11. The molecular weight excluding hydrogens is 322 g/mol. The van der Waals surface area contributed by atoms with Gasteiger partial charge >= 0.3 is 5.97 Å². The molecule has 1 aliphatic rings. The largest absolute Gasteiger partial charge is 0.478 e. The SMILES string of the molecule is Cn1c(C2CCCN2C(=O)c2cc(C(=O)O)co2)nc2ccccc21. The quantitative estimate of drug-likeness (QED) is 0.792. The number of carboxylic acids is 1. The number of carbonyl (C=O) groups is 2. The van der Waals surface area contributed by atoms with Crippen LogP contribution < -0.4 is 0 Å². The lowest BCUT2D eigenvalue weighted by Crippen LogP contribution is -2.31. The van der Waals surface area contributed by atoms with Crippen LogP contribution in [0.3, 0.4) is 0 Å². The lowest BCUT2D eigenvalue weighted by Gasteiger charge is -2.23. The van der Waals surface area contributed by atoms with Crippen LogP contribution >= 0.6 is 0 Å². The first-order valence-corrected chi connectivity index (χ1v) is 8.10. The number of carbonyl (C=O) groups excluding carboxylic acids is 1. The van der Waals surface area contributed by atoms with Crippen LogP contribution in [-0.2, 0) is 7.05 Å². The molecule has 7 nitrogen and oxygen atoms in total. The van der Waals surface area contributed by atoms with Crippen LogP contribution in [0.1, 0.15) is 45.6 Å². The average Bonchev–Trinajstić information content (AvgIpc) is 3.33. The van der Waals surface area contributed by atoms with E-state index in [9.17, 15) is 9.59 Å². The number of hydrogen-bond donors (Lipinski definition) is 1. The van der Waals surface area contributed by atoms with Gasteiger partial charge in [0.25, 0.3) is 5.91 Å². The van der Waals surface area contributed by atoms with E-state index in [1.165, 1.54) is 6.07 Å². The molecule has 25 heavy (non-hydrogen) atoms. The summed E-state index contributed by atoms with van der Waals surface area (Å²) >= 11 is 0. The number of furan rings is 1. The second kappa shape index (κ2) is 5.77. The number of imidazole rings is 1. The van der Waals surface area contributed by atoms with Gasteiger partial charge in [-0.3, -0.25) is 4.79 Å². The zero-order chi connectivity index (χ0) is 17.6. The van der Waals surface area contributed by atoms with Crippen molar-refractivity contribution in [3.05, 3.63) is 53.7 Å². The van der Waals surface area contributed by atoms with Crippen LogP contribution in [0, 0.1) is 0 Å². The molecule has 0 aliphatic carbocycles. The molecule has 4 rings (SSSR count). The number of para-hydroxylation sites is 2. The molecule has 1 atom stereocenters. The number of amides is 1. The Morgan fingerprint density at radius 1 is 1.32 bits per heavy atom. The van der Waals surface area contributed by atoms with E-state index in [0.29, 0.717) is 6.54 Å². The first-order chi connectivity index (χ1) is 12.1. The lowest BCUT2D eigenvalue weighted by molar-refractivity contribution is 0.0687. The van der Waals surface area contributed by atoms with E-state index in [-0.39, 0.29) is 23.3 Å². The van der Waals surface area contributed by atoms with E-state index < -0.39 is 5.97 Å². The Hall–Kier alpha value is -3.09. The molecule has 1 amide bonds. The Kier molecular flexibility index (Phi) is 3.56. The van der Waals surface area contributed by atoms with Gasteiger partial charge in [-0.15, -0.1) is 0 Å². The molecular formula is C18H17N3O4. The van der Waals surface area contributed by atoms with Crippen LogP contribution in [0.4, 0.5) is 0 Å². The number of rotatable bonds is 3. The lowest BCUT2D eigenvalue weighted by atomic mass is 10.2. The molecule has 128 valence electrons. The topological polar surface area (TPSA) is 88.6 Å². The summed E-state index contributed by atoms with van der Waals surface area (Å²) in [5.41, 5.74) is 1.88. The summed E-state index contributed by atoms with van der Waals surface area (Å²) < 4.78 is 7.18. The zero-order valence-electron chi connectivity index (χ0n) is 13.7. The Bertz CT molecular complexity index is 972.